The SMILES string of the molecule is Cc1cnc(CN(C)C(=O)CSCCN2CCCC2)[nH]1. The van der Waals surface area contributed by atoms with Crippen LogP contribution in [0.4, 0.5) is 0 Å². The first-order valence-electron chi connectivity index (χ1n) is 7.19. The Hall–Kier alpha value is -1.01. The predicted octanol–water partition coefficient (Wildman–Crippen LogP) is 1.51. The van der Waals surface area contributed by atoms with Gasteiger partial charge in [0.15, 0.2) is 0 Å². The molecule has 0 aliphatic carbocycles. The molecule has 0 radical (unpaired) electrons. The Bertz CT molecular complexity index is 429. The lowest BCUT2D eigenvalue weighted by molar-refractivity contribution is -0.127. The van der Waals surface area contributed by atoms with E-state index < -0.39 is 0 Å². The third kappa shape index (κ3) is 4.83. The van der Waals surface area contributed by atoms with Crippen LogP contribution >= 0.6 is 11.8 Å². The van der Waals surface area contributed by atoms with Gasteiger partial charge in [-0.25, -0.2) is 4.98 Å². The predicted molar refractivity (Wildman–Crippen MR) is 82.8 cm³/mol. The van der Waals surface area contributed by atoms with Crippen LogP contribution in [0.2, 0.25) is 0 Å². The molecule has 0 saturated carbocycles. The molecule has 2 rings (SSSR count). The summed E-state index contributed by atoms with van der Waals surface area (Å²) >= 11 is 1.73. The number of rotatable bonds is 7. The molecule has 0 atom stereocenters. The van der Waals surface area contributed by atoms with E-state index in [1.165, 1.54) is 25.9 Å². The lowest BCUT2D eigenvalue weighted by Crippen LogP contribution is -2.29. The van der Waals surface area contributed by atoms with Gasteiger partial charge >= 0.3 is 0 Å². The van der Waals surface area contributed by atoms with Crippen molar-refractivity contribution in [2.24, 2.45) is 0 Å². The molecule has 0 spiro atoms. The topological polar surface area (TPSA) is 52.2 Å². The molecule has 1 aliphatic heterocycles. The summed E-state index contributed by atoms with van der Waals surface area (Å²) in [7, 11) is 1.83. The zero-order chi connectivity index (χ0) is 14.4. The van der Waals surface area contributed by atoms with Crippen molar-refractivity contribution in [2.45, 2.75) is 26.3 Å². The van der Waals surface area contributed by atoms with Gasteiger partial charge in [0.2, 0.25) is 5.91 Å². The highest BCUT2D eigenvalue weighted by molar-refractivity contribution is 7.99. The number of thioether (sulfide) groups is 1. The van der Waals surface area contributed by atoms with Gasteiger partial charge in [-0.15, -0.1) is 0 Å². The molecule has 112 valence electrons. The van der Waals surface area contributed by atoms with Gasteiger partial charge < -0.3 is 14.8 Å². The lowest BCUT2D eigenvalue weighted by Gasteiger charge is -2.17. The summed E-state index contributed by atoms with van der Waals surface area (Å²) in [6.07, 6.45) is 4.45. The zero-order valence-electron chi connectivity index (χ0n) is 12.4. The summed E-state index contributed by atoms with van der Waals surface area (Å²) in [5.41, 5.74) is 1.03. The van der Waals surface area contributed by atoms with E-state index in [9.17, 15) is 4.79 Å². The minimum absolute atomic E-state index is 0.172. The summed E-state index contributed by atoms with van der Waals surface area (Å²) in [5.74, 6) is 2.62. The first-order valence-corrected chi connectivity index (χ1v) is 8.35. The van der Waals surface area contributed by atoms with Crippen molar-refractivity contribution in [3.05, 3.63) is 17.7 Å². The fourth-order valence-electron chi connectivity index (χ4n) is 2.33. The zero-order valence-corrected chi connectivity index (χ0v) is 13.2. The molecule has 1 amide bonds. The van der Waals surface area contributed by atoms with Crippen LogP contribution in [0.1, 0.15) is 24.4 Å². The number of nitrogens with zero attached hydrogens (tertiary/aromatic N) is 3. The fraction of sp³-hybridized carbons (Fsp3) is 0.714. The molecule has 1 aromatic heterocycles. The number of aryl methyl sites for hydroxylation is 1. The number of amides is 1. The molecular formula is C14H24N4OS. The molecule has 0 aromatic carbocycles. The molecule has 0 bridgehead atoms. The van der Waals surface area contributed by atoms with Crippen molar-refractivity contribution in [1.82, 2.24) is 19.8 Å². The van der Waals surface area contributed by atoms with E-state index in [4.69, 9.17) is 0 Å². The Morgan fingerprint density at radius 2 is 2.25 bits per heavy atom. The maximum Gasteiger partial charge on any atom is 0.232 e. The fourth-order valence-corrected chi connectivity index (χ4v) is 3.26. The largest absolute Gasteiger partial charge is 0.345 e. The van der Waals surface area contributed by atoms with Crippen LogP contribution in [0.25, 0.3) is 0 Å². The van der Waals surface area contributed by atoms with E-state index in [0.717, 1.165) is 23.8 Å². The molecule has 1 saturated heterocycles. The molecule has 0 unspecified atom stereocenters. The van der Waals surface area contributed by atoms with Crippen LogP contribution in [-0.4, -0.2) is 63.9 Å². The maximum absolute atomic E-state index is 12.0. The average molecular weight is 296 g/mol. The summed E-state index contributed by atoms with van der Waals surface area (Å²) < 4.78 is 0. The Morgan fingerprint density at radius 1 is 1.50 bits per heavy atom. The van der Waals surface area contributed by atoms with Crippen molar-refractivity contribution in [3.8, 4) is 0 Å². The number of carbonyl (C=O) groups excluding carboxylic acids is 1. The van der Waals surface area contributed by atoms with Crippen molar-refractivity contribution >= 4 is 17.7 Å². The van der Waals surface area contributed by atoms with E-state index in [0.29, 0.717) is 12.3 Å². The quantitative estimate of drug-likeness (QED) is 0.775. The van der Waals surface area contributed by atoms with Crippen LogP contribution < -0.4 is 0 Å². The molecule has 1 aliphatic rings. The Labute approximate surface area is 125 Å². The number of carbonyl (C=O) groups is 1. The van der Waals surface area contributed by atoms with Gasteiger partial charge in [-0.2, -0.15) is 11.8 Å². The van der Waals surface area contributed by atoms with Crippen LogP contribution in [0.5, 0.6) is 0 Å². The molecule has 1 N–H and O–H groups in total. The van der Waals surface area contributed by atoms with Gasteiger partial charge in [-0.1, -0.05) is 0 Å². The minimum Gasteiger partial charge on any atom is -0.345 e. The normalized spacial score (nSPS) is 15.7. The molecule has 1 fully saturated rings. The van der Waals surface area contributed by atoms with E-state index in [2.05, 4.69) is 14.9 Å². The van der Waals surface area contributed by atoms with E-state index >= 15 is 0 Å². The Kier molecular flexibility index (Phi) is 5.91. The van der Waals surface area contributed by atoms with Crippen molar-refractivity contribution in [2.75, 3.05) is 38.2 Å². The summed E-state index contributed by atoms with van der Waals surface area (Å²) in [5, 5.41) is 0. The molecular weight excluding hydrogens is 272 g/mol. The lowest BCUT2D eigenvalue weighted by atomic mass is 10.4. The number of imidazole rings is 1. The second-order valence-corrected chi connectivity index (χ2v) is 6.47. The van der Waals surface area contributed by atoms with Gasteiger partial charge in [0.25, 0.3) is 0 Å². The molecule has 2 heterocycles. The van der Waals surface area contributed by atoms with Gasteiger partial charge in [0, 0.05) is 31.2 Å². The van der Waals surface area contributed by atoms with E-state index in [1.807, 2.05) is 14.0 Å². The highest BCUT2D eigenvalue weighted by Crippen LogP contribution is 2.10. The first kappa shape index (κ1) is 15.4. The number of hydrogen-bond donors (Lipinski definition) is 1. The summed E-state index contributed by atoms with van der Waals surface area (Å²) in [4.78, 5) is 23.6. The smallest absolute Gasteiger partial charge is 0.232 e. The number of nitrogens with one attached hydrogen (secondary N) is 1. The Balaban J connectivity index is 1.61. The number of aromatic nitrogens is 2. The first-order chi connectivity index (χ1) is 9.65. The maximum atomic E-state index is 12.0. The minimum atomic E-state index is 0.172. The third-order valence-electron chi connectivity index (χ3n) is 3.54. The van der Waals surface area contributed by atoms with Crippen molar-refractivity contribution in [1.29, 1.82) is 0 Å². The van der Waals surface area contributed by atoms with Gasteiger partial charge in [-0.3, -0.25) is 4.79 Å². The number of aromatic amines is 1. The molecule has 5 nitrogen and oxygen atoms in total. The van der Waals surface area contributed by atoms with Crippen LogP contribution in [0.3, 0.4) is 0 Å². The van der Waals surface area contributed by atoms with Crippen LogP contribution in [0.15, 0.2) is 6.20 Å². The van der Waals surface area contributed by atoms with E-state index in [1.54, 1.807) is 22.9 Å². The highest BCUT2D eigenvalue weighted by Gasteiger charge is 2.13. The van der Waals surface area contributed by atoms with Crippen molar-refractivity contribution in [3.63, 3.8) is 0 Å². The second-order valence-electron chi connectivity index (χ2n) is 5.36. The summed E-state index contributed by atoms with van der Waals surface area (Å²) in [6.45, 7) is 6.09. The number of likely N-dealkylation sites (tertiary alicyclic amines) is 1. The van der Waals surface area contributed by atoms with Gasteiger partial charge in [-0.05, 0) is 32.9 Å². The molecule has 6 heteroatoms. The standard InChI is InChI=1S/C14H24N4OS/c1-12-9-15-13(16-12)10-17(2)14(19)11-20-8-7-18-5-3-4-6-18/h9H,3-8,10-11H2,1-2H3,(H,15,16). The van der Waals surface area contributed by atoms with Crippen LogP contribution in [0, 0.1) is 6.92 Å². The van der Waals surface area contributed by atoms with Gasteiger partial charge in [0.05, 0.1) is 12.3 Å². The number of hydrogen-bond acceptors (Lipinski definition) is 4. The number of H-pyrrole nitrogens is 1. The van der Waals surface area contributed by atoms with E-state index in [-0.39, 0.29) is 5.91 Å². The molecule has 1 aromatic rings. The second kappa shape index (κ2) is 7.69. The monoisotopic (exact) mass is 296 g/mol. The highest BCUT2D eigenvalue weighted by atomic mass is 32.2. The van der Waals surface area contributed by atoms with Gasteiger partial charge in [0.1, 0.15) is 5.82 Å². The third-order valence-corrected chi connectivity index (χ3v) is 4.47. The average Bonchev–Trinajstić information content (AvgIpc) is 3.06. The molecule has 20 heavy (non-hydrogen) atoms. The van der Waals surface area contributed by atoms with Crippen molar-refractivity contribution < 1.29 is 4.79 Å². The van der Waals surface area contributed by atoms with Crippen LogP contribution in [-0.2, 0) is 11.3 Å². The summed E-state index contributed by atoms with van der Waals surface area (Å²) in [6, 6.07) is 0. The Morgan fingerprint density at radius 3 is 2.90 bits per heavy atom.